The van der Waals surface area contributed by atoms with Gasteiger partial charge in [-0.05, 0) is 37.5 Å². The maximum Gasteiger partial charge on any atom is 0.294 e. The van der Waals surface area contributed by atoms with Gasteiger partial charge in [-0.15, -0.1) is 0 Å². The maximum absolute atomic E-state index is 12.6. The molecule has 7 nitrogen and oxygen atoms in total. The summed E-state index contributed by atoms with van der Waals surface area (Å²) in [4.78, 5) is 34.7. The number of hydrogen-bond acceptors (Lipinski definition) is 5. The lowest BCUT2D eigenvalue weighted by atomic mass is 9.94. The number of ether oxygens (including phenoxy) is 1. The Labute approximate surface area is 169 Å². The quantitative estimate of drug-likeness (QED) is 0.654. The summed E-state index contributed by atoms with van der Waals surface area (Å²) in [6.07, 6.45) is 2.38. The van der Waals surface area contributed by atoms with Gasteiger partial charge < -0.3 is 19.0 Å². The van der Waals surface area contributed by atoms with Gasteiger partial charge in [-0.1, -0.05) is 15.9 Å². The second-order valence-electron chi connectivity index (χ2n) is 7.53. The van der Waals surface area contributed by atoms with Gasteiger partial charge in [-0.2, -0.15) is 0 Å². The number of benzene rings is 1. The summed E-state index contributed by atoms with van der Waals surface area (Å²) < 4.78 is 11.9. The van der Waals surface area contributed by atoms with Gasteiger partial charge in [0.2, 0.25) is 11.5 Å². The Morgan fingerprint density at radius 1 is 1.25 bits per heavy atom. The van der Waals surface area contributed by atoms with Crippen molar-refractivity contribution in [1.82, 2.24) is 14.9 Å². The maximum atomic E-state index is 12.6. The number of rotatable bonds is 2. The van der Waals surface area contributed by atoms with Crippen molar-refractivity contribution in [3.63, 3.8) is 0 Å². The van der Waals surface area contributed by atoms with E-state index in [9.17, 15) is 9.59 Å². The Bertz CT molecular complexity index is 1110. The highest BCUT2D eigenvalue weighted by molar-refractivity contribution is 9.10. The topological polar surface area (TPSA) is 88.4 Å². The first-order valence-corrected chi connectivity index (χ1v) is 10.4. The molecule has 28 heavy (non-hydrogen) atoms. The SMILES string of the molecule is O=C(C1CCOC1)N1CCC(c2nc3c(oc4ccc(Br)cc43)c(=O)[nH]2)CC1. The van der Waals surface area contributed by atoms with Gasteiger partial charge in [0.25, 0.3) is 5.56 Å². The average Bonchev–Trinajstić information content (AvgIpc) is 3.36. The van der Waals surface area contributed by atoms with Crippen molar-refractivity contribution in [3.8, 4) is 0 Å². The minimum absolute atomic E-state index is 0.00146. The van der Waals surface area contributed by atoms with Crippen molar-refractivity contribution in [2.75, 3.05) is 26.3 Å². The number of hydrogen-bond donors (Lipinski definition) is 1. The van der Waals surface area contributed by atoms with Crippen LogP contribution in [0.25, 0.3) is 22.1 Å². The average molecular weight is 446 g/mol. The number of fused-ring (bicyclic) bond motifs is 3. The van der Waals surface area contributed by atoms with E-state index in [-0.39, 0.29) is 28.9 Å². The van der Waals surface area contributed by atoms with E-state index in [0.29, 0.717) is 43.2 Å². The Hall–Kier alpha value is -2.19. The Morgan fingerprint density at radius 3 is 2.82 bits per heavy atom. The smallest absolute Gasteiger partial charge is 0.294 e. The zero-order valence-electron chi connectivity index (χ0n) is 15.2. The van der Waals surface area contributed by atoms with E-state index in [0.717, 1.165) is 29.1 Å². The van der Waals surface area contributed by atoms with E-state index in [2.05, 4.69) is 20.9 Å². The summed E-state index contributed by atoms with van der Waals surface area (Å²) in [6.45, 7) is 2.57. The van der Waals surface area contributed by atoms with Crippen LogP contribution >= 0.6 is 15.9 Å². The molecule has 3 aromatic rings. The summed E-state index contributed by atoms with van der Waals surface area (Å²) in [5, 5.41) is 0.825. The molecule has 0 bridgehead atoms. The minimum Gasteiger partial charge on any atom is -0.449 e. The molecule has 0 aliphatic carbocycles. The molecule has 2 saturated heterocycles. The predicted molar refractivity (Wildman–Crippen MR) is 107 cm³/mol. The summed E-state index contributed by atoms with van der Waals surface area (Å²) >= 11 is 3.46. The molecule has 1 aromatic carbocycles. The van der Waals surface area contributed by atoms with Gasteiger partial charge in [0, 0.05) is 35.5 Å². The third-order valence-corrected chi connectivity index (χ3v) is 6.27. The fraction of sp³-hybridized carbons (Fsp3) is 0.450. The van der Waals surface area contributed by atoms with Crippen molar-refractivity contribution < 1.29 is 13.9 Å². The summed E-state index contributed by atoms with van der Waals surface area (Å²) in [6, 6.07) is 5.63. The van der Waals surface area contributed by atoms with Crippen LogP contribution in [0.5, 0.6) is 0 Å². The summed E-state index contributed by atoms with van der Waals surface area (Å²) in [5.41, 5.74) is 1.24. The number of aromatic amines is 1. The Morgan fingerprint density at radius 2 is 2.07 bits per heavy atom. The molecule has 1 atom stereocenters. The van der Waals surface area contributed by atoms with Gasteiger partial charge >= 0.3 is 0 Å². The number of likely N-dealkylation sites (tertiary alicyclic amines) is 1. The second-order valence-corrected chi connectivity index (χ2v) is 8.45. The molecule has 8 heteroatoms. The number of piperidine rings is 1. The molecular formula is C20H20BrN3O4. The van der Waals surface area contributed by atoms with Crippen LogP contribution < -0.4 is 5.56 Å². The van der Waals surface area contributed by atoms with Crippen LogP contribution in [0.1, 0.15) is 31.0 Å². The van der Waals surface area contributed by atoms with E-state index in [1.165, 1.54) is 0 Å². The van der Waals surface area contributed by atoms with Crippen molar-refractivity contribution in [3.05, 3.63) is 38.9 Å². The third kappa shape index (κ3) is 3.04. The molecule has 1 unspecified atom stereocenters. The lowest BCUT2D eigenvalue weighted by molar-refractivity contribution is -0.136. The second kappa shape index (κ2) is 7.00. The molecule has 2 aromatic heterocycles. The van der Waals surface area contributed by atoms with Crippen LogP contribution in [0.15, 0.2) is 31.9 Å². The number of carbonyl (C=O) groups excluding carboxylic acids is 1. The molecule has 4 heterocycles. The standard InChI is InChI=1S/C20H20BrN3O4/c21-13-1-2-15-14(9-13)16-17(28-15)19(25)23-18(22-16)11-3-6-24(7-4-11)20(26)12-5-8-27-10-12/h1-2,9,11-12H,3-8,10H2,(H,22,23,25). The van der Waals surface area contributed by atoms with Crippen LogP contribution in [-0.2, 0) is 9.53 Å². The largest absolute Gasteiger partial charge is 0.449 e. The highest BCUT2D eigenvalue weighted by Crippen LogP contribution is 2.31. The normalized spacial score (nSPS) is 21.0. The van der Waals surface area contributed by atoms with Crippen molar-refractivity contribution in [1.29, 1.82) is 0 Å². The molecule has 5 rings (SSSR count). The zero-order valence-corrected chi connectivity index (χ0v) is 16.8. The van der Waals surface area contributed by atoms with E-state index in [4.69, 9.17) is 14.1 Å². The molecule has 1 amide bonds. The minimum atomic E-state index is -0.256. The van der Waals surface area contributed by atoms with E-state index >= 15 is 0 Å². The summed E-state index contributed by atoms with van der Waals surface area (Å²) in [5.74, 6) is 0.995. The molecule has 2 aliphatic rings. The fourth-order valence-corrected chi connectivity index (χ4v) is 4.56. The molecule has 2 aliphatic heterocycles. The Balaban J connectivity index is 1.41. The first kappa shape index (κ1) is 17.9. The lowest BCUT2D eigenvalue weighted by Crippen LogP contribution is -2.41. The molecule has 0 saturated carbocycles. The number of halogens is 1. The predicted octanol–water partition coefficient (Wildman–Crippen LogP) is 3.17. The first-order valence-electron chi connectivity index (χ1n) is 9.58. The van der Waals surface area contributed by atoms with Gasteiger partial charge in [0.1, 0.15) is 16.9 Å². The van der Waals surface area contributed by atoms with Crippen LogP contribution in [0.4, 0.5) is 0 Å². The number of aromatic nitrogens is 2. The van der Waals surface area contributed by atoms with E-state index in [1.807, 2.05) is 23.1 Å². The number of nitrogens with zero attached hydrogens (tertiary/aromatic N) is 2. The van der Waals surface area contributed by atoms with E-state index in [1.54, 1.807) is 0 Å². The zero-order chi connectivity index (χ0) is 19.3. The van der Waals surface area contributed by atoms with Crippen LogP contribution in [-0.4, -0.2) is 47.1 Å². The molecule has 146 valence electrons. The van der Waals surface area contributed by atoms with Crippen molar-refractivity contribution >= 4 is 43.9 Å². The number of furan rings is 1. The van der Waals surface area contributed by atoms with E-state index < -0.39 is 0 Å². The summed E-state index contributed by atoms with van der Waals surface area (Å²) in [7, 11) is 0. The van der Waals surface area contributed by atoms with Gasteiger partial charge in [0.15, 0.2) is 0 Å². The van der Waals surface area contributed by atoms with Crippen molar-refractivity contribution in [2.24, 2.45) is 5.92 Å². The monoisotopic (exact) mass is 445 g/mol. The van der Waals surface area contributed by atoms with Crippen LogP contribution in [0.3, 0.4) is 0 Å². The molecule has 1 N–H and O–H groups in total. The molecule has 0 radical (unpaired) electrons. The van der Waals surface area contributed by atoms with Crippen LogP contribution in [0.2, 0.25) is 0 Å². The third-order valence-electron chi connectivity index (χ3n) is 5.78. The van der Waals surface area contributed by atoms with Crippen molar-refractivity contribution in [2.45, 2.75) is 25.2 Å². The van der Waals surface area contributed by atoms with Gasteiger partial charge in [0.05, 0.1) is 12.5 Å². The number of amides is 1. The molecule has 2 fully saturated rings. The number of nitrogens with one attached hydrogen (secondary N) is 1. The highest BCUT2D eigenvalue weighted by Gasteiger charge is 2.31. The number of carbonyl (C=O) groups is 1. The lowest BCUT2D eigenvalue weighted by Gasteiger charge is -2.32. The highest BCUT2D eigenvalue weighted by atomic mass is 79.9. The molecular weight excluding hydrogens is 426 g/mol. The first-order chi connectivity index (χ1) is 13.6. The van der Waals surface area contributed by atoms with Crippen LogP contribution in [0, 0.1) is 5.92 Å². The fourth-order valence-electron chi connectivity index (χ4n) is 4.20. The van der Waals surface area contributed by atoms with Gasteiger partial charge in [-0.25, -0.2) is 4.98 Å². The number of H-pyrrole nitrogens is 1. The van der Waals surface area contributed by atoms with Gasteiger partial charge in [-0.3, -0.25) is 9.59 Å². The Kier molecular flexibility index (Phi) is 4.47. The molecule has 0 spiro atoms.